The number of aromatic amines is 1. The van der Waals surface area contributed by atoms with E-state index in [4.69, 9.17) is 9.47 Å². The van der Waals surface area contributed by atoms with Gasteiger partial charge in [0, 0.05) is 37.2 Å². The predicted molar refractivity (Wildman–Crippen MR) is 135 cm³/mol. The molecule has 0 radical (unpaired) electrons. The van der Waals surface area contributed by atoms with Crippen molar-refractivity contribution in [3.63, 3.8) is 0 Å². The lowest BCUT2D eigenvalue weighted by Crippen LogP contribution is -2.37. The molecule has 1 aromatic heterocycles. The molecule has 0 fully saturated rings. The van der Waals surface area contributed by atoms with Crippen molar-refractivity contribution in [2.45, 2.75) is 26.8 Å². The Labute approximate surface area is 195 Å². The Hall–Kier alpha value is -2.42. The molecule has 3 N–H and O–H groups in total. The molecular formula is C23H31IN4O2. The number of methoxy groups -OCH3 is 1. The first-order chi connectivity index (χ1) is 14.1. The van der Waals surface area contributed by atoms with E-state index in [0.717, 1.165) is 36.0 Å². The van der Waals surface area contributed by atoms with Crippen LogP contribution < -0.4 is 20.1 Å². The zero-order chi connectivity index (χ0) is 20.6. The SMILES string of the molecule is CCOc1cc(CNC(=NC)NCCc2c[nH]c3cc(C)ccc23)ccc1OC.I. The molecule has 0 atom stereocenters. The lowest BCUT2D eigenvalue weighted by Gasteiger charge is -2.14. The van der Waals surface area contributed by atoms with E-state index in [1.807, 2.05) is 25.1 Å². The van der Waals surface area contributed by atoms with Crippen LogP contribution in [0.15, 0.2) is 47.6 Å². The van der Waals surface area contributed by atoms with Crippen molar-refractivity contribution >= 4 is 40.8 Å². The van der Waals surface area contributed by atoms with E-state index < -0.39 is 0 Å². The predicted octanol–water partition coefficient (Wildman–Crippen LogP) is 4.41. The largest absolute Gasteiger partial charge is 0.493 e. The number of guanidine groups is 1. The van der Waals surface area contributed by atoms with Gasteiger partial charge in [0.2, 0.25) is 0 Å². The summed E-state index contributed by atoms with van der Waals surface area (Å²) in [5.41, 5.74) is 4.86. The number of nitrogens with zero attached hydrogens (tertiary/aromatic N) is 1. The van der Waals surface area contributed by atoms with Crippen LogP contribution in [0.5, 0.6) is 11.5 Å². The summed E-state index contributed by atoms with van der Waals surface area (Å²) < 4.78 is 11.0. The summed E-state index contributed by atoms with van der Waals surface area (Å²) in [6.45, 7) is 6.12. The van der Waals surface area contributed by atoms with E-state index in [1.54, 1.807) is 14.2 Å². The van der Waals surface area contributed by atoms with Crippen LogP contribution in [-0.4, -0.2) is 38.3 Å². The summed E-state index contributed by atoms with van der Waals surface area (Å²) in [5.74, 6) is 2.27. The van der Waals surface area contributed by atoms with E-state index in [0.29, 0.717) is 13.2 Å². The summed E-state index contributed by atoms with van der Waals surface area (Å²) in [5, 5.41) is 8.02. The Bertz CT molecular complexity index is 984. The van der Waals surface area contributed by atoms with Gasteiger partial charge in [-0.3, -0.25) is 4.99 Å². The summed E-state index contributed by atoms with van der Waals surface area (Å²) in [6.07, 6.45) is 3.01. The Morgan fingerprint density at radius 2 is 1.93 bits per heavy atom. The molecule has 0 spiro atoms. The molecule has 0 saturated carbocycles. The number of fused-ring (bicyclic) bond motifs is 1. The molecule has 1 heterocycles. The highest BCUT2D eigenvalue weighted by molar-refractivity contribution is 14.0. The quantitative estimate of drug-likeness (QED) is 0.233. The fraction of sp³-hybridized carbons (Fsp3) is 0.348. The van der Waals surface area contributed by atoms with Crippen molar-refractivity contribution in [2.24, 2.45) is 4.99 Å². The Balaban J connectivity index is 0.00000320. The number of hydrogen-bond donors (Lipinski definition) is 3. The Morgan fingerprint density at radius 1 is 1.10 bits per heavy atom. The number of rotatable bonds is 8. The summed E-state index contributed by atoms with van der Waals surface area (Å²) in [7, 11) is 3.43. The van der Waals surface area contributed by atoms with E-state index in [2.05, 4.69) is 51.9 Å². The van der Waals surface area contributed by atoms with E-state index in [-0.39, 0.29) is 24.0 Å². The zero-order valence-corrected chi connectivity index (χ0v) is 20.4. The van der Waals surface area contributed by atoms with Crippen LogP contribution in [0.2, 0.25) is 0 Å². The molecule has 0 aliphatic rings. The molecule has 7 heteroatoms. The summed E-state index contributed by atoms with van der Waals surface area (Å²) in [4.78, 5) is 7.68. The van der Waals surface area contributed by atoms with Gasteiger partial charge in [0.15, 0.2) is 17.5 Å². The third-order valence-corrected chi connectivity index (χ3v) is 4.82. The highest BCUT2D eigenvalue weighted by atomic mass is 127. The van der Waals surface area contributed by atoms with Crippen molar-refractivity contribution in [2.75, 3.05) is 27.3 Å². The van der Waals surface area contributed by atoms with E-state index >= 15 is 0 Å². The Kier molecular flexibility index (Phi) is 9.29. The smallest absolute Gasteiger partial charge is 0.191 e. The van der Waals surface area contributed by atoms with Crippen LogP contribution >= 0.6 is 24.0 Å². The minimum atomic E-state index is 0. The number of H-pyrrole nitrogens is 1. The fourth-order valence-electron chi connectivity index (χ4n) is 3.33. The van der Waals surface area contributed by atoms with Crippen molar-refractivity contribution in [3.8, 4) is 11.5 Å². The normalized spacial score (nSPS) is 11.1. The molecule has 0 amide bonds. The van der Waals surface area contributed by atoms with Gasteiger partial charge in [-0.15, -0.1) is 24.0 Å². The molecule has 3 rings (SSSR count). The van der Waals surface area contributed by atoms with Crippen LogP contribution in [0.3, 0.4) is 0 Å². The van der Waals surface area contributed by atoms with Crippen LogP contribution in [0.4, 0.5) is 0 Å². The molecule has 0 aliphatic carbocycles. The van der Waals surface area contributed by atoms with Gasteiger partial charge in [-0.25, -0.2) is 0 Å². The van der Waals surface area contributed by atoms with Crippen LogP contribution in [0, 0.1) is 6.92 Å². The minimum Gasteiger partial charge on any atom is -0.493 e. The van der Waals surface area contributed by atoms with Crippen LogP contribution in [-0.2, 0) is 13.0 Å². The van der Waals surface area contributed by atoms with Crippen LogP contribution in [0.25, 0.3) is 10.9 Å². The number of benzene rings is 2. The number of aryl methyl sites for hydroxylation is 1. The van der Waals surface area contributed by atoms with Gasteiger partial charge in [0.05, 0.1) is 13.7 Å². The van der Waals surface area contributed by atoms with Gasteiger partial charge >= 0.3 is 0 Å². The van der Waals surface area contributed by atoms with Crippen molar-refractivity contribution < 1.29 is 9.47 Å². The first kappa shape index (κ1) is 23.9. The molecule has 3 aromatic rings. The third kappa shape index (κ3) is 6.04. The molecule has 0 aliphatic heterocycles. The van der Waals surface area contributed by atoms with Gasteiger partial charge in [0.25, 0.3) is 0 Å². The van der Waals surface area contributed by atoms with Gasteiger partial charge < -0.3 is 25.1 Å². The average molecular weight is 522 g/mol. The molecular weight excluding hydrogens is 491 g/mol. The highest BCUT2D eigenvalue weighted by Crippen LogP contribution is 2.28. The standard InChI is InChI=1S/C23H30N4O2.HI/c1-5-29-22-13-17(7-9-21(22)28-4)14-27-23(24-3)25-11-10-18-15-26-20-12-16(2)6-8-19(18)20;/h6-9,12-13,15,26H,5,10-11,14H2,1-4H3,(H2,24,25,27);1H. The maximum absolute atomic E-state index is 5.65. The van der Waals surface area contributed by atoms with Crippen molar-refractivity contribution in [1.82, 2.24) is 15.6 Å². The van der Waals surface area contributed by atoms with Gasteiger partial charge in [0.1, 0.15) is 0 Å². The third-order valence-electron chi connectivity index (χ3n) is 4.82. The second kappa shape index (κ2) is 11.7. The molecule has 30 heavy (non-hydrogen) atoms. The van der Waals surface area contributed by atoms with Crippen molar-refractivity contribution in [1.29, 1.82) is 0 Å². The first-order valence-electron chi connectivity index (χ1n) is 9.95. The van der Waals surface area contributed by atoms with Gasteiger partial charge in [-0.05, 0) is 55.2 Å². The lowest BCUT2D eigenvalue weighted by molar-refractivity contribution is 0.310. The number of ether oxygens (including phenoxy) is 2. The maximum atomic E-state index is 5.65. The zero-order valence-electron chi connectivity index (χ0n) is 18.0. The first-order valence-corrected chi connectivity index (χ1v) is 9.95. The minimum absolute atomic E-state index is 0. The summed E-state index contributed by atoms with van der Waals surface area (Å²) in [6, 6.07) is 12.5. The number of nitrogens with one attached hydrogen (secondary N) is 3. The van der Waals surface area contributed by atoms with Gasteiger partial charge in [-0.2, -0.15) is 0 Å². The summed E-state index contributed by atoms with van der Waals surface area (Å²) >= 11 is 0. The van der Waals surface area contributed by atoms with Crippen molar-refractivity contribution in [3.05, 3.63) is 59.3 Å². The second-order valence-corrected chi connectivity index (χ2v) is 6.88. The second-order valence-electron chi connectivity index (χ2n) is 6.88. The van der Waals surface area contributed by atoms with E-state index in [9.17, 15) is 0 Å². The van der Waals surface area contributed by atoms with E-state index in [1.165, 1.54) is 22.0 Å². The highest BCUT2D eigenvalue weighted by Gasteiger charge is 2.07. The lowest BCUT2D eigenvalue weighted by atomic mass is 10.1. The average Bonchev–Trinajstić information content (AvgIpc) is 3.13. The fourth-order valence-corrected chi connectivity index (χ4v) is 3.33. The number of aromatic nitrogens is 1. The molecule has 162 valence electrons. The Morgan fingerprint density at radius 3 is 2.67 bits per heavy atom. The molecule has 0 saturated heterocycles. The molecule has 2 aromatic carbocycles. The number of aliphatic imine (C=N–C) groups is 1. The maximum Gasteiger partial charge on any atom is 0.191 e. The monoisotopic (exact) mass is 522 g/mol. The number of hydrogen-bond acceptors (Lipinski definition) is 3. The molecule has 6 nitrogen and oxygen atoms in total. The van der Waals surface area contributed by atoms with Crippen LogP contribution in [0.1, 0.15) is 23.6 Å². The molecule has 0 unspecified atom stereocenters. The molecule has 0 bridgehead atoms. The van der Waals surface area contributed by atoms with Gasteiger partial charge in [-0.1, -0.05) is 18.2 Å². The number of halogens is 1. The topological polar surface area (TPSA) is 70.7 Å².